The number of esters is 1. The number of anilines is 1. The number of benzene rings is 2. The molecule has 1 aliphatic rings. The maximum atomic E-state index is 12.1. The van der Waals surface area contributed by atoms with Gasteiger partial charge in [0.2, 0.25) is 5.91 Å². The van der Waals surface area contributed by atoms with Gasteiger partial charge < -0.3 is 10.1 Å². The van der Waals surface area contributed by atoms with E-state index in [0.29, 0.717) is 0 Å². The predicted octanol–water partition coefficient (Wildman–Crippen LogP) is 3.54. The SMILES string of the molecule is Cc1ccccc1COC(=O)C[C@H]1Sc2ccccc2NC1=O. The molecule has 1 atom stereocenters. The van der Waals surface area contributed by atoms with Crippen LogP contribution in [0.25, 0.3) is 0 Å². The largest absolute Gasteiger partial charge is 0.461 e. The molecule has 0 radical (unpaired) electrons. The minimum atomic E-state index is -0.450. The van der Waals surface area contributed by atoms with E-state index in [1.165, 1.54) is 11.8 Å². The lowest BCUT2D eigenvalue weighted by Crippen LogP contribution is -2.31. The standard InChI is InChI=1S/C18H17NO3S/c1-12-6-2-3-7-13(12)11-22-17(20)10-16-18(21)19-14-8-4-5-9-15(14)23-16/h2-9,16H,10-11H2,1H3,(H,19,21)/t16-/m1/s1. The summed E-state index contributed by atoms with van der Waals surface area (Å²) in [5, 5.41) is 2.38. The molecule has 0 aromatic heterocycles. The summed E-state index contributed by atoms with van der Waals surface area (Å²) in [5.74, 6) is -0.512. The number of aryl methyl sites for hydroxylation is 1. The van der Waals surface area contributed by atoms with E-state index in [-0.39, 0.29) is 24.9 Å². The Balaban J connectivity index is 1.58. The smallest absolute Gasteiger partial charge is 0.307 e. The van der Waals surface area contributed by atoms with Crippen LogP contribution in [0, 0.1) is 6.92 Å². The number of hydrogen-bond donors (Lipinski definition) is 1. The Morgan fingerprint density at radius 1 is 1.17 bits per heavy atom. The first-order valence-electron chi connectivity index (χ1n) is 7.40. The molecule has 2 aromatic carbocycles. The van der Waals surface area contributed by atoms with E-state index >= 15 is 0 Å². The molecule has 3 rings (SSSR count). The number of nitrogens with one attached hydrogen (secondary N) is 1. The molecule has 0 aliphatic carbocycles. The van der Waals surface area contributed by atoms with Crippen LogP contribution >= 0.6 is 11.8 Å². The Morgan fingerprint density at radius 3 is 2.74 bits per heavy atom. The third-order valence-electron chi connectivity index (χ3n) is 3.71. The average Bonchev–Trinajstić information content (AvgIpc) is 2.55. The van der Waals surface area contributed by atoms with Gasteiger partial charge in [-0.2, -0.15) is 0 Å². The van der Waals surface area contributed by atoms with Gasteiger partial charge in [0.25, 0.3) is 0 Å². The number of fused-ring (bicyclic) bond motifs is 1. The number of carbonyl (C=O) groups is 2. The summed E-state index contributed by atoms with van der Waals surface area (Å²) in [6.45, 7) is 2.21. The van der Waals surface area contributed by atoms with Gasteiger partial charge in [-0.3, -0.25) is 9.59 Å². The molecule has 23 heavy (non-hydrogen) atoms. The fourth-order valence-corrected chi connectivity index (χ4v) is 3.46. The van der Waals surface area contributed by atoms with E-state index in [1.807, 2.05) is 55.5 Å². The van der Waals surface area contributed by atoms with Gasteiger partial charge in [0.15, 0.2) is 0 Å². The van der Waals surface area contributed by atoms with Crippen molar-refractivity contribution >= 4 is 29.3 Å². The highest BCUT2D eigenvalue weighted by Gasteiger charge is 2.29. The second kappa shape index (κ2) is 6.87. The van der Waals surface area contributed by atoms with Crippen molar-refractivity contribution < 1.29 is 14.3 Å². The number of thioether (sulfide) groups is 1. The molecule has 0 bridgehead atoms. The van der Waals surface area contributed by atoms with E-state index in [0.717, 1.165) is 21.7 Å². The lowest BCUT2D eigenvalue weighted by atomic mass is 10.1. The second-order valence-corrected chi connectivity index (χ2v) is 6.63. The molecule has 0 fully saturated rings. The van der Waals surface area contributed by atoms with Crippen molar-refractivity contribution in [1.82, 2.24) is 0 Å². The zero-order valence-corrected chi connectivity index (χ0v) is 13.6. The minimum absolute atomic E-state index is 0.0662. The Kier molecular flexibility index (Phi) is 4.67. The van der Waals surface area contributed by atoms with Gasteiger partial charge in [0, 0.05) is 4.90 Å². The highest BCUT2D eigenvalue weighted by Crippen LogP contribution is 2.36. The molecule has 2 aromatic rings. The van der Waals surface area contributed by atoms with Crippen LogP contribution in [0.5, 0.6) is 0 Å². The van der Waals surface area contributed by atoms with Crippen molar-refractivity contribution in [3.05, 3.63) is 59.7 Å². The van der Waals surface area contributed by atoms with Crippen LogP contribution in [0.4, 0.5) is 5.69 Å². The quantitative estimate of drug-likeness (QED) is 0.873. The summed E-state index contributed by atoms with van der Waals surface area (Å²) in [7, 11) is 0. The number of amides is 1. The van der Waals surface area contributed by atoms with Crippen molar-refractivity contribution in [2.24, 2.45) is 0 Å². The fourth-order valence-electron chi connectivity index (χ4n) is 2.37. The number of carbonyl (C=O) groups excluding carboxylic acids is 2. The van der Waals surface area contributed by atoms with Crippen LogP contribution in [-0.4, -0.2) is 17.1 Å². The van der Waals surface area contributed by atoms with E-state index in [2.05, 4.69) is 5.32 Å². The Bertz CT molecular complexity index is 745. The number of para-hydroxylation sites is 1. The van der Waals surface area contributed by atoms with Crippen LogP contribution in [0.2, 0.25) is 0 Å². The summed E-state index contributed by atoms with van der Waals surface area (Å²) in [6.07, 6.45) is 0.0662. The van der Waals surface area contributed by atoms with Crippen LogP contribution in [0.1, 0.15) is 17.5 Å². The summed E-state index contributed by atoms with van der Waals surface area (Å²) in [5.41, 5.74) is 2.86. The molecule has 0 spiro atoms. The second-order valence-electron chi connectivity index (χ2n) is 5.38. The summed E-state index contributed by atoms with van der Waals surface area (Å²) >= 11 is 1.41. The highest BCUT2D eigenvalue weighted by molar-refractivity contribution is 8.01. The van der Waals surface area contributed by atoms with Gasteiger partial charge in [0.05, 0.1) is 17.4 Å². The lowest BCUT2D eigenvalue weighted by molar-refractivity contribution is -0.145. The minimum Gasteiger partial charge on any atom is -0.461 e. The topological polar surface area (TPSA) is 55.4 Å². The van der Waals surface area contributed by atoms with Gasteiger partial charge in [-0.15, -0.1) is 11.8 Å². The summed E-state index contributed by atoms with van der Waals surface area (Å²) in [4.78, 5) is 25.1. The Morgan fingerprint density at radius 2 is 1.91 bits per heavy atom. The van der Waals surface area contributed by atoms with Gasteiger partial charge in [-0.05, 0) is 30.2 Å². The van der Waals surface area contributed by atoms with Crippen molar-refractivity contribution in [3.8, 4) is 0 Å². The number of ether oxygens (including phenoxy) is 1. The molecule has 0 saturated heterocycles. The molecule has 0 unspecified atom stereocenters. The van der Waals surface area contributed by atoms with Crippen molar-refractivity contribution in [2.75, 3.05) is 5.32 Å². The summed E-state index contributed by atoms with van der Waals surface area (Å²) in [6, 6.07) is 15.3. The van der Waals surface area contributed by atoms with Crippen molar-refractivity contribution in [1.29, 1.82) is 0 Å². The van der Waals surface area contributed by atoms with Crippen molar-refractivity contribution in [3.63, 3.8) is 0 Å². The molecule has 1 amide bonds. The van der Waals surface area contributed by atoms with E-state index in [1.54, 1.807) is 0 Å². The van der Waals surface area contributed by atoms with E-state index < -0.39 is 5.25 Å². The van der Waals surface area contributed by atoms with E-state index in [9.17, 15) is 9.59 Å². The Labute approximate surface area is 139 Å². The van der Waals surface area contributed by atoms with Crippen LogP contribution in [-0.2, 0) is 20.9 Å². The van der Waals surface area contributed by atoms with Gasteiger partial charge in [-0.1, -0.05) is 36.4 Å². The third-order valence-corrected chi connectivity index (χ3v) is 4.98. The Hall–Kier alpha value is -2.27. The molecule has 1 N–H and O–H groups in total. The highest BCUT2D eigenvalue weighted by atomic mass is 32.2. The summed E-state index contributed by atoms with van der Waals surface area (Å²) < 4.78 is 5.32. The average molecular weight is 327 g/mol. The van der Waals surface area contributed by atoms with Gasteiger partial charge in [-0.25, -0.2) is 0 Å². The predicted molar refractivity (Wildman–Crippen MR) is 90.3 cm³/mol. The monoisotopic (exact) mass is 327 g/mol. The maximum absolute atomic E-state index is 12.1. The van der Waals surface area contributed by atoms with Gasteiger partial charge in [0.1, 0.15) is 6.61 Å². The molecule has 4 nitrogen and oxygen atoms in total. The lowest BCUT2D eigenvalue weighted by Gasteiger charge is -2.23. The zero-order valence-electron chi connectivity index (χ0n) is 12.7. The number of hydrogen-bond acceptors (Lipinski definition) is 4. The first-order chi connectivity index (χ1) is 11.1. The third kappa shape index (κ3) is 3.74. The molecule has 1 heterocycles. The van der Waals surface area contributed by atoms with Crippen LogP contribution < -0.4 is 5.32 Å². The van der Waals surface area contributed by atoms with Crippen molar-refractivity contribution in [2.45, 2.75) is 30.1 Å². The molecular weight excluding hydrogens is 310 g/mol. The number of rotatable bonds is 4. The molecule has 1 aliphatic heterocycles. The first kappa shape index (κ1) is 15.6. The zero-order chi connectivity index (χ0) is 16.2. The maximum Gasteiger partial charge on any atom is 0.307 e. The molecule has 118 valence electrons. The molecule has 0 saturated carbocycles. The first-order valence-corrected chi connectivity index (χ1v) is 8.28. The van der Waals surface area contributed by atoms with E-state index in [4.69, 9.17) is 4.74 Å². The fraction of sp³-hybridized carbons (Fsp3) is 0.222. The molecular formula is C18H17NO3S. The van der Waals surface area contributed by atoms with Crippen LogP contribution in [0.15, 0.2) is 53.4 Å². The van der Waals surface area contributed by atoms with Crippen LogP contribution in [0.3, 0.4) is 0 Å². The normalized spacial score (nSPS) is 16.4. The van der Waals surface area contributed by atoms with Gasteiger partial charge >= 0.3 is 5.97 Å². The molecule has 5 heteroatoms.